The summed E-state index contributed by atoms with van der Waals surface area (Å²) in [6.07, 6.45) is 5.09. The number of amides is 1. The zero-order valence-corrected chi connectivity index (χ0v) is 19.9. The molecule has 0 unspecified atom stereocenters. The molecule has 0 fully saturated rings. The number of rotatable bonds is 8. The minimum atomic E-state index is 0.0538. The first-order valence-electron chi connectivity index (χ1n) is 11.1. The summed E-state index contributed by atoms with van der Waals surface area (Å²) in [6, 6.07) is 10.2. The molecule has 1 amide bonds. The predicted octanol–water partition coefficient (Wildman–Crippen LogP) is 4.54. The molecular formula is C24H29N3O2S2. The molecule has 0 spiro atoms. The van der Waals surface area contributed by atoms with Crippen molar-refractivity contribution >= 4 is 39.2 Å². The summed E-state index contributed by atoms with van der Waals surface area (Å²) < 4.78 is 1.80. The molecule has 5 nitrogen and oxygen atoms in total. The molecule has 2 heterocycles. The second-order valence-corrected chi connectivity index (χ2v) is 9.86. The third kappa shape index (κ3) is 4.72. The van der Waals surface area contributed by atoms with Crippen LogP contribution in [0.3, 0.4) is 0 Å². The zero-order chi connectivity index (χ0) is 21.8. The summed E-state index contributed by atoms with van der Waals surface area (Å²) in [4.78, 5) is 35.1. The Morgan fingerprint density at radius 2 is 1.90 bits per heavy atom. The second kappa shape index (κ2) is 10.0. The summed E-state index contributed by atoms with van der Waals surface area (Å²) in [6.45, 7) is 5.94. The van der Waals surface area contributed by atoms with Gasteiger partial charge in [-0.3, -0.25) is 14.2 Å². The van der Waals surface area contributed by atoms with E-state index in [4.69, 9.17) is 4.98 Å². The Labute approximate surface area is 191 Å². The Bertz CT molecular complexity index is 1120. The molecule has 0 radical (unpaired) electrons. The zero-order valence-electron chi connectivity index (χ0n) is 18.2. The number of aromatic nitrogens is 2. The fraction of sp³-hybridized carbons (Fsp3) is 0.458. The van der Waals surface area contributed by atoms with E-state index in [1.165, 1.54) is 34.2 Å². The first kappa shape index (κ1) is 22.1. The SMILES string of the molecule is CCN(CC)C(=O)CSc1nc2sc3c(c2c(=O)n1CCc1ccccc1)CCCC3. The van der Waals surface area contributed by atoms with Crippen LogP contribution in [0, 0.1) is 0 Å². The molecule has 31 heavy (non-hydrogen) atoms. The number of aryl methyl sites for hydroxylation is 3. The Balaban J connectivity index is 1.69. The third-order valence-electron chi connectivity index (χ3n) is 5.95. The number of carbonyl (C=O) groups is 1. The molecule has 1 aliphatic carbocycles. The van der Waals surface area contributed by atoms with Crippen LogP contribution in [-0.4, -0.2) is 39.2 Å². The number of thiophene rings is 1. The molecule has 164 valence electrons. The van der Waals surface area contributed by atoms with Gasteiger partial charge in [-0.15, -0.1) is 11.3 Å². The maximum atomic E-state index is 13.6. The lowest BCUT2D eigenvalue weighted by atomic mass is 9.97. The number of carbonyl (C=O) groups excluding carboxylic acids is 1. The van der Waals surface area contributed by atoms with Gasteiger partial charge in [0.1, 0.15) is 4.83 Å². The van der Waals surface area contributed by atoms with Crippen molar-refractivity contribution in [2.24, 2.45) is 0 Å². The number of benzene rings is 1. The summed E-state index contributed by atoms with van der Waals surface area (Å²) in [7, 11) is 0. The van der Waals surface area contributed by atoms with Gasteiger partial charge in [0.15, 0.2) is 5.16 Å². The van der Waals surface area contributed by atoms with Crippen molar-refractivity contribution in [1.82, 2.24) is 14.5 Å². The van der Waals surface area contributed by atoms with Crippen LogP contribution in [0.15, 0.2) is 40.3 Å². The summed E-state index contributed by atoms with van der Waals surface area (Å²) in [5.41, 5.74) is 2.46. The molecule has 1 aromatic carbocycles. The molecular weight excluding hydrogens is 426 g/mol. The van der Waals surface area contributed by atoms with Gasteiger partial charge in [0.2, 0.25) is 5.91 Å². The standard InChI is InChI=1S/C24H29N3O2S2/c1-3-26(4-2)20(28)16-30-24-25-22-21(18-12-8-9-13-19(18)31-22)23(29)27(24)15-14-17-10-6-5-7-11-17/h5-7,10-11H,3-4,8-9,12-16H2,1-2H3. The Morgan fingerprint density at radius 1 is 1.16 bits per heavy atom. The lowest BCUT2D eigenvalue weighted by molar-refractivity contribution is -0.127. The Morgan fingerprint density at radius 3 is 2.65 bits per heavy atom. The van der Waals surface area contributed by atoms with Crippen LogP contribution in [-0.2, 0) is 30.6 Å². The molecule has 1 aliphatic rings. The fourth-order valence-corrected chi connectivity index (χ4v) is 6.44. The molecule has 0 saturated heterocycles. The van der Waals surface area contributed by atoms with Gasteiger partial charge in [0, 0.05) is 24.5 Å². The van der Waals surface area contributed by atoms with Gasteiger partial charge in [-0.05, 0) is 57.1 Å². The van der Waals surface area contributed by atoms with Crippen LogP contribution in [0.25, 0.3) is 10.2 Å². The van der Waals surface area contributed by atoms with E-state index in [2.05, 4.69) is 12.1 Å². The van der Waals surface area contributed by atoms with Gasteiger partial charge in [0.25, 0.3) is 5.56 Å². The minimum absolute atomic E-state index is 0.0538. The average molecular weight is 456 g/mol. The van der Waals surface area contributed by atoms with Crippen molar-refractivity contribution in [3.8, 4) is 0 Å². The molecule has 0 aliphatic heterocycles. The number of thioether (sulfide) groups is 1. The van der Waals surface area contributed by atoms with Gasteiger partial charge < -0.3 is 4.90 Å². The highest BCUT2D eigenvalue weighted by atomic mass is 32.2. The lowest BCUT2D eigenvalue weighted by Crippen LogP contribution is -2.32. The van der Waals surface area contributed by atoms with E-state index in [0.29, 0.717) is 30.5 Å². The van der Waals surface area contributed by atoms with Crippen molar-refractivity contribution in [2.75, 3.05) is 18.8 Å². The van der Waals surface area contributed by atoms with Crippen LogP contribution >= 0.6 is 23.1 Å². The van der Waals surface area contributed by atoms with Crippen LogP contribution < -0.4 is 5.56 Å². The van der Waals surface area contributed by atoms with E-state index >= 15 is 0 Å². The number of fused-ring (bicyclic) bond motifs is 3. The molecule has 0 bridgehead atoms. The molecule has 3 aromatic rings. The van der Waals surface area contributed by atoms with E-state index in [-0.39, 0.29) is 11.5 Å². The van der Waals surface area contributed by atoms with E-state index in [9.17, 15) is 9.59 Å². The largest absolute Gasteiger partial charge is 0.343 e. The van der Waals surface area contributed by atoms with Crippen LogP contribution in [0.4, 0.5) is 0 Å². The first-order valence-corrected chi connectivity index (χ1v) is 12.9. The highest BCUT2D eigenvalue weighted by Gasteiger charge is 2.23. The van der Waals surface area contributed by atoms with Crippen LogP contribution in [0.5, 0.6) is 0 Å². The third-order valence-corrected chi connectivity index (χ3v) is 8.09. The summed E-state index contributed by atoms with van der Waals surface area (Å²) in [5.74, 6) is 0.389. The van der Waals surface area contributed by atoms with E-state index in [1.54, 1.807) is 15.9 Å². The molecule has 7 heteroatoms. The minimum Gasteiger partial charge on any atom is -0.343 e. The molecule has 0 N–H and O–H groups in total. The normalized spacial score (nSPS) is 13.4. The molecule has 0 saturated carbocycles. The van der Waals surface area contributed by atoms with Gasteiger partial charge in [0.05, 0.1) is 11.1 Å². The van der Waals surface area contributed by atoms with Crippen molar-refractivity contribution in [3.05, 3.63) is 56.7 Å². The average Bonchev–Trinajstić information content (AvgIpc) is 3.17. The highest BCUT2D eigenvalue weighted by Crippen LogP contribution is 2.34. The highest BCUT2D eigenvalue weighted by molar-refractivity contribution is 7.99. The van der Waals surface area contributed by atoms with Crippen molar-refractivity contribution in [2.45, 2.75) is 57.7 Å². The lowest BCUT2D eigenvalue weighted by Gasteiger charge is -2.19. The number of hydrogen-bond donors (Lipinski definition) is 0. The Hall–Kier alpha value is -2.12. The number of nitrogens with zero attached hydrogens (tertiary/aromatic N) is 3. The summed E-state index contributed by atoms with van der Waals surface area (Å²) >= 11 is 3.06. The van der Waals surface area contributed by atoms with E-state index < -0.39 is 0 Å². The van der Waals surface area contributed by atoms with Gasteiger partial charge in [-0.25, -0.2) is 4.98 Å². The van der Waals surface area contributed by atoms with Crippen LogP contribution in [0.1, 0.15) is 42.7 Å². The maximum Gasteiger partial charge on any atom is 0.263 e. The van der Waals surface area contributed by atoms with Gasteiger partial charge in [-0.1, -0.05) is 42.1 Å². The van der Waals surface area contributed by atoms with Crippen molar-refractivity contribution < 1.29 is 4.79 Å². The summed E-state index contributed by atoms with van der Waals surface area (Å²) in [5, 5.41) is 1.47. The topological polar surface area (TPSA) is 55.2 Å². The fourth-order valence-electron chi connectivity index (χ4n) is 4.21. The molecule has 4 rings (SSSR count). The number of hydrogen-bond acceptors (Lipinski definition) is 5. The molecule has 0 atom stereocenters. The molecule has 2 aromatic heterocycles. The quantitative estimate of drug-likeness (QED) is 0.370. The first-order chi connectivity index (χ1) is 15.1. The van der Waals surface area contributed by atoms with Crippen molar-refractivity contribution in [1.29, 1.82) is 0 Å². The maximum absolute atomic E-state index is 13.6. The van der Waals surface area contributed by atoms with Crippen molar-refractivity contribution in [3.63, 3.8) is 0 Å². The van der Waals surface area contributed by atoms with E-state index in [1.807, 2.05) is 36.9 Å². The predicted molar refractivity (Wildman–Crippen MR) is 129 cm³/mol. The van der Waals surface area contributed by atoms with Gasteiger partial charge in [-0.2, -0.15) is 0 Å². The smallest absolute Gasteiger partial charge is 0.263 e. The second-order valence-electron chi connectivity index (χ2n) is 7.83. The Kier molecular flexibility index (Phi) is 7.13. The van der Waals surface area contributed by atoms with Crippen LogP contribution in [0.2, 0.25) is 0 Å². The van der Waals surface area contributed by atoms with E-state index in [0.717, 1.165) is 35.9 Å². The van der Waals surface area contributed by atoms with Gasteiger partial charge >= 0.3 is 0 Å². The monoisotopic (exact) mass is 455 g/mol.